The van der Waals surface area contributed by atoms with Gasteiger partial charge in [-0.15, -0.1) is 0 Å². The maximum Gasteiger partial charge on any atom is 0.343 e. The quantitative estimate of drug-likeness (QED) is 0.258. The van der Waals surface area contributed by atoms with Crippen LogP contribution in [0.15, 0.2) is 82.4 Å². The monoisotopic (exact) mass is 480 g/mol. The van der Waals surface area contributed by atoms with Crippen LogP contribution in [-0.2, 0) is 4.79 Å². The maximum absolute atomic E-state index is 12.2. The number of fused-ring (bicyclic) bond motifs is 1. The largest absolute Gasteiger partial charge is 0.485 e. The van der Waals surface area contributed by atoms with Gasteiger partial charge >= 0.3 is 5.97 Å². The predicted molar refractivity (Wildman–Crippen MR) is 118 cm³/mol. The normalized spacial score (nSPS) is 14.8. The topological polar surface area (TPSA) is 86.2 Å². The summed E-state index contributed by atoms with van der Waals surface area (Å²) in [5.74, 6) is 0.663. The van der Waals surface area contributed by atoms with E-state index in [1.165, 1.54) is 6.21 Å². The minimum atomic E-state index is -0.785. The molecule has 1 amide bonds. The molecule has 1 aliphatic rings. The van der Waals surface area contributed by atoms with Crippen molar-refractivity contribution in [3.05, 3.63) is 88.4 Å². The van der Waals surface area contributed by atoms with Gasteiger partial charge in [0.1, 0.15) is 12.4 Å². The third-order valence-electron chi connectivity index (χ3n) is 4.34. The molecule has 0 radical (unpaired) electrons. The number of esters is 1. The van der Waals surface area contributed by atoms with Crippen LogP contribution in [0.4, 0.5) is 0 Å². The van der Waals surface area contributed by atoms with Gasteiger partial charge in [-0.3, -0.25) is 4.79 Å². The summed E-state index contributed by atoms with van der Waals surface area (Å²) in [5.41, 5.74) is 3.60. The molecular weight excluding hydrogens is 464 g/mol. The second-order valence-electron chi connectivity index (χ2n) is 6.57. The first-order chi connectivity index (χ1) is 15.1. The van der Waals surface area contributed by atoms with E-state index >= 15 is 0 Å². The highest BCUT2D eigenvalue weighted by Crippen LogP contribution is 2.30. The number of hydrogen-bond donors (Lipinski definition) is 1. The van der Waals surface area contributed by atoms with Crippen molar-refractivity contribution in [3.63, 3.8) is 0 Å². The van der Waals surface area contributed by atoms with E-state index in [2.05, 4.69) is 26.5 Å². The van der Waals surface area contributed by atoms with Crippen molar-refractivity contribution in [2.75, 3.05) is 6.61 Å². The first-order valence-corrected chi connectivity index (χ1v) is 10.2. The number of nitrogens with one attached hydrogen (secondary N) is 1. The Hall–Kier alpha value is -3.65. The molecule has 0 fully saturated rings. The highest BCUT2D eigenvalue weighted by molar-refractivity contribution is 9.10. The van der Waals surface area contributed by atoms with Crippen molar-refractivity contribution < 1.29 is 23.8 Å². The third kappa shape index (κ3) is 5.29. The Morgan fingerprint density at radius 1 is 1.03 bits per heavy atom. The van der Waals surface area contributed by atoms with Crippen LogP contribution in [0.3, 0.4) is 0 Å². The lowest BCUT2D eigenvalue weighted by molar-refractivity contribution is -0.130. The van der Waals surface area contributed by atoms with E-state index in [0.29, 0.717) is 28.4 Å². The summed E-state index contributed by atoms with van der Waals surface area (Å²) in [6.45, 7) is 0.108. The van der Waals surface area contributed by atoms with Crippen LogP contribution in [0.5, 0.6) is 17.2 Å². The molecule has 0 spiro atoms. The molecule has 8 heteroatoms. The molecule has 4 rings (SSSR count). The zero-order valence-corrected chi connectivity index (χ0v) is 17.7. The van der Waals surface area contributed by atoms with Crippen LogP contribution in [0.2, 0.25) is 0 Å². The van der Waals surface area contributed by atoms with Gasteiger partial charge in [0.25, 0.3) is 5.91 Å². The molecular formula is C23H17BrN2O5. The summed E-state index contributed by atoms with van der Waals surface area (Å²) in [4.78, 5) is 24.4. The fourth-order valence-electron chi connectivity index (χ4n) is 2.79. The second kappa shape index (κ2) is 9.44. The highest BCUT2D eigenvalue weighted by atomic mass is 79.9. The van der Waals surface area contributed by atoms with Gasteiger partial charge in [0.2, 0.25) is 6.10 Å². The minimum absolute atomic E-state index is 0.108. The summed E-state index contributed by atoms with van der Waals surface area (Å²) in [6.07, 6.45) is 0.696. The molecule has 0 saturated heterocycles. The average molecular weight is 481 g/mol. The van der Waals surface area contributed by atoms with Crippen molar-refractivity contribution >= 4 is 34.0 Å². The number of carbonyl (C=O) groups excluding carboxylic acids is 2. The van der Waals surface area contributed by atoms with Gasteiger partial charge in [-0.1, -0.05) is 34.1 Å². The van der Waals surface area contributed by atoms with E-state index in [0.717, 1.165) is 4.47 Å². The summed E-state index contributed by atoms with van der Waals surface area (Å²) >= 11 is 3.33. The first-order valence-electron chi connectivity index (χ1n) is 9.38. The molecule has 0 bridgehead atoms. The predicted octanol–water partition coefficient (Wildman–Crippen LogP) is 3.96. The lowest BCUT2D eigenvalue weighted by Gasteiger charge is -2.24. The number of halogens is 1. The van der Waals surface area contributed by atoms with E-state index in [1.807, 2.05) is 12.1 Å². The highest BCUT2D eigenvalue weighted by Gasteiger charge is 2.26. The van der Waals surface area contributed by atoms with Crippen LogP contribution in [0.25, 0.3) is 0 Å². The van der Waals surface area contributed by atoms with Crippen LogP contribution < -0.4 is 19.6 Å². The number of hydrazone groups is 1. The second-order valence-corrected chi connectivity index (χ2v) is 7.48. The van der Waals surface area contributed by atoms with Crippen molar-refractivity contribution in [1.29, 1.82) is 0 Å². The van der Waals surface area contributed by atoms with Gasteiger partial charge in [0.05, 0.1) is 11.8 Å². The summed E-state index contributed by atoms with van der Waals surface area (Å²) in [7, 11) is 0. The van der Waals surface area contributed by atoms with Gasteiger partial charge in [0.15, 0.2) is 11.5 Å². The first kappa shape index (κ1) is 20.6. The van der Waals surface area contributed by atoms with E-state index in [1.54, 1.807) is 60.7 Å². The number of para-hydroxylation sites is 2. The molecule has 1 heterocycles. The van der Waals surface area contributed by atoms with Crippen LogP contribution in [0.1, 0.15) is 15.9 Å². The van der Waals surface area contributed by atoms with Crippen LogP contribution in [0, 0.1) is 0 Å². The average Bonchev–Trinajstić information content (AvgIpc) is 2.80. The molecule has 1 unspecified atom stereocenters. The molecule has 0 aromatic heterocycles. The Kier molecular flexibility index (Phi) is 6.28. The van der Waals surface area contributed by atoms with Crippen LogP contribution >= 0.6 is 15.9 Å². The Bertz CT molecular complexity index is 1130. The maximum atomic E-state index is 12.2. The van der Waals surface area contributed by atoms with Crippen molar-refractivity contribution in [2.45, 2.75) is 6.10 Å². The molecule has 3 aromatic carbocycles. The van der Waals surface area contributed by atoms with Gasteiger partial charge in [-0.05, 0) is 60.2 Å². The zero-order chi connectivity index (χ0) is 21.6. The molecule has 156 valence electrons. The Balaban J connectivity index is 1.30. The number of amides is 1. The summed E-state index contributed by atoms with van der Waals surface area (Å²) in [5, 5.41) is 3.95. The molecule has 31 heavy (non-hydrogen) atoms. The van der Waals surface area contributed by atoms with Gasteiger partial charge in [0, 0.05) is 4.47 Å². The number of ether oxygens (including phenoxy) is 3. The van der Waals surface area contributed by atoms with Gasteiger partial charge in [-0.2, -0.15) is 5.10 Å². The standard InChI is InChI=1S/C23H17BrN2O5/c24-17-5-3-4-16(12-17)23(28)30-18-10-8-15(9-11-18)13-25-26-22(27)21-14-29-19-6-1-2-7-20(19)31-21/h1-13,21H,14H2,(H,26,27). The molecule has 1 aliphatic heterocycles. The molecule has 0 aliphatic carbocycles. The van der Waals surface area contributed by atoms with E-state index in [-0.39, 0.29) is 6.61 Å². The lowest BCUT2D eigenvalue weighted by atomic mass is 10.2. The molecule has 7 nitrogen and oxygen atoms in total. The Morgan fingerprint density at radius 2 is 1.81 bits per heavy atom. The molecule has 1 N–H and O–H groups in total. The Morgan fingerprint density at radius 3 is 2.58 bits per heavy atom. The van der Waals surface area contributed by atoms with Crippen molar-refractivity contribution in [1.82, 2.24) is 5.43 Å². The summed E-state index contributed by atoms with van der Waals surface area (Å²) < 4.78 is 17.3. The van der Waals surface area contributed by atoms with E-state index < -0.39 is 18.0 Å². The van der Waals surface area contributed by atoms with Crippen LogP contribution in [-0.4, -0.2) is 30.8 Å². The van der Waals surface area contributed by atoms with Gasteiger partial charge in [-0.25, -0.2) is 10.2 Å². The lowest BCUT2D eigenvalue weighted by Crippen LogP contribution is -2.42. The zero-order valence-electron chi connectivity index (χ0n) is 16.2. The number of hydrogen-bond acceptors (Lipinski definition) is 6. The number of rotatable bonds is 5. The molecule has 1 atom stereocenters. The Labute approximate surface area is 186 Å². The van der Waals surface area contributed by atoms with Crippen molar-refractivity contribution in [2.24, 2.45) is 5.10 Å². The third-order valence-corrected chi connectivity index (χ3v) is 4.83. The summed E-state index contributed by atoms with van der Waals surface area (Å²) in [6, 6.07) is 20.8. The minimum Gasteiger partial charge on any atom is -0.485 e. The number of nitrogens with zero attached hydrogens (tertiary/aromatic N) is 1. The molecule has 0 saturated carbocycles. The number of benzene rings is 3. The van der Waals surface area contributed by atoms with E-state index in [4.69, 9.17) is 14.2 Å². The van der Waals surface area contributed by atoms with E-state index in [9.17, 15) is 9.59 Å². The number of carbonyl (C=O) groups is 2. The van der Waals surface area contributed by atoms with Gasteiger partial charge < -0.3 is 14.2 Å². The fourth-order valence-corrected chi connectivity index (χ4v) is 3.19. The fraction of sp³-hybridized carbons (Fsp3) is 0.0870. The van der Waals surface area contributed by atoms with Crippen molar-refractivity contribution in [3.8, 4) is 17.2 Å². The molecule has 3 aromatic rings. The SMILES string of the molecule is O=C(Oc1ccc(C=NNC(=O)C2COc3ccccc3O2)cc1)c1cccc(Br)c1. The smallest absolute Gasteiger partial charge is 0.343 e.